The smallest absolute Gasteiger partial charge is 0.235 e. The Bertz CT molecular complexity index is 5750. The van der Waals surface area contributed by atoms with Crippen molar-refractivity contribution in [1.29, 1.82) is 0 Å². The minimum absolute atomic E-state index is 0.611. The molecule has 5 heterocycles. The van der Waals surface area contributed by atoms with Gasteiger partial charge in [0.2, 0.25) is 5.95 Å². The third-order valence-electron chi connectivity index (χ3n) is 17.8. The molecular weight excluding hydrogens is 1090 g/mol. The predicted molar refractivity (Wildman–Crippen MR) is 371 cm³/mol. The quantitative estimate of drug-likeness (QED) is 0.145. The summed E-state index contributed by atoms with van der Waals surface area (Å²) in [4.78, 5) is 11.3. The van der Waals surface area contributed by atoms with Gasteiger partial charge in [-0.25, -0.2) is 9.97 Å². The second-order valence-electron chi connectivity index (χ2n) is 22.9. The minimum atomic E-state index is 0.611. The summed E-state index contributed by atoms with van der Waals surface area (Å²) in [5, 5.41) is 9.79. The van der Waals surface area contributed by atoms with Crippen LogP contribution in [-0.2, 0) is 0 Å². The number of thiophene rings is 1. The lowest BCUT2D eigenvalue weighted by Gasteiger charge is -2.14. The first-order valence-electron chi connectivity index (χ1n) is 29.9. The van der Waals surface area contributed by atoms with Crippen LogP contribution in [0, 0.1) is 0 Å². The van der Waals surface area contributed by atoms with Crippen molar-refractivity contribution in [3.05, 3.63) is 309 Å². The zero-order chi connectivity index (χ0) is 57.8. The van der Waals surface area contributed by atoms with Crippen LogP contribution in [0.15, 0.2) is 309 Å². The molecule has 0 radical (unpaired) electrons. The van der Waals surface area contributed by atoms with Gasteiger partial charge in [-0.2, -0.15) is 0 Å². The Morgan fingerprint density at radius 1 is 0.227 bits per heavy atom. The maximum absolute atomic E-state index is 5.66. The summed E-state index contributed by atoms with van der Waals surface area (Å²) < 4.78 is 9.62. The van der Waals surface area contributed by atoms with Crippen LogP contribution in [0.2, 0.25) is 0 Å². The Hall–Kier alpha value is -11.4. The molecular formula is C82H51N5S. The molecule has 13 aromatic carbocycles. The fourth-order valence-corrected chi connectivity index (χ4v) is 15.0. The highest BCUT2D eigenvalue weighted by Gasteiger charge is 2.22. The van der Waals surface area contributed by atoms with Gasteiger partial charge in [0.1, 0.15) is 0 Å². The molecule has 18 rings (SSSR count). The van der Waals surface area contributed by atoms with Gasteiger partial charge in [0.25, 0.3) is 0 Å². The van der Waals surface area contributed by atoms with Crippen molar-refractivity contribution >= 4 is 96.9 Å². The molecule has 6 heteroatoms. The average Bonchev–Trinajstić information content (AvgIpc) is 1.91. The molecule has 0 bridgehead atoms. The van der Waals surface area contributed by atoms with E-state index in [1.165, 1.54) is 85.8 Å². The molecule has 18 aromatic rings. The number of aromatic nitrogens is 5. The van der Waals surface area contributed by atoms with Crippen molar-refractivity contribution in [2.24, 2.45) is 0 Å². The summed E-state index contributed by atoms with van der Waals surface area (Å²) in [6.07, 6.45) is 0. The average molecular weight is 1140 g/mol. The van der Waals surface area contributed by atoms with Gasteiger partial charge in [-0.1, -0.05) is 200 Å². The van der Waals surface area contributed by atoms with Crippen LogP contribution in [-0.4, -0.2) is 23.7 Å². The van der Waals surface area contributed by atoms with Crippen LogP contribution in [0.25, 0.3) is 170 Å². The Morgan fingerprint density at radius 2 is 0.648 bits per heavy atom. The zero-order valence-electron chi connectivity index (χ0n) is 47.6. The van der Waals surface area contributed by atoms with Gasteiger partial charge in [0, 0.05) is 75.0 Å². The van der Waals surface area contributed by atoms with Crippen molar-refractivity contribution < 1.29 is 0 Å². The number of nitrogens with zero attached hydrogens (tertiary/aromatic N) is 5. The maximum atomic E-state index is 5.66. The molecule has 0 unspecified atom stereocenters. The van der Waals surface area contributed by atoms with Crippen LogP contribution < -0.4 is 0 Å². The van der Waals surface area contributed by atoms with Crippen LogP contribution in [0.4, 0.5) is 0 Å². The zero-order valence-corrected chi connectivity index (χ0v) is 48.4. The lowest BCUT2D eigenvalue weighted by molar-refractivity contribution is 0.995. The summed E-state index contributed by atoms with van der Waals surface area (Å²) in [7, 11) is 0. The van der Waals surface area contributed by atoms with E-state index in [-0.39, 0.29) is 0 Å². The van der Waals surface area contributed by atoms with E-state index in [1.54, 1.807) is 0 Å². The minimum Gasteiger partial charge on any atom is -0.309 e. The third kappa shape index (κ3) is 8.07. The monoisotopic (exact) mass is 1140 g/mol. The number of hydrogen-bond donors (Lipinski definition) is 0. The van der Waals surface area contributed by atoms with Crippen LogP contribution in [0.5, 0.6) is 0 Å². The molecule has 0 saturated heterocycles. The Kier molecular flexibility index (Phi) is 11.4. The largest absolute Gasteiger partial charge is 0.309 e. The van der Waals surface area contributed by atoms with Gasteiger partial charge in [-0.3, -0.25) is 4.57 Å². The van der Waals surface area contributed by atoms with E-state index in [0.717, 1.165) is 78.2 Å². The second-order valence-corrected chi connectivity index (χ2v) is 23.9. The van der Waals surface area contributed by atoms with Crippen molar-refractivity contribution in [2.45, 2.75) is 0 Å². The van der Waals surface area contributed by atoms with E-state index < -0.39 is 0 Å². The lowest BCUT2D eigenvalue weighted by Crippen LogP contribution is -2.04. The van der Waals surface area contributed by atoms with E-state index in [0.29, 0.717) is 5.95 Å². The highest BCUT2D eigenvalue weighted by molar-refractivity contribution is 7.26. The lowest BCUT2D eigenvalue weighted by atomic mass is 9.92. The molecule has 0 aliphatic heterocycles. The number of rotatable bonds is 9. The van der Waals surface area contributed by atoms with E-state index in [9.17, 15) is 0 Å². The first kappa shape index (κ1) is 49.9. The van der Waals surface area contributed by atoms with Gasteiger partial charge >= 0.3 is 0 Å². The molecule has 0 fully saturated rings. The molecule has 0 atom stereocenters. The number of para-hydroxylation sites is 4. The van der Waals surface area contributed by atoms with Crippen molar-refractivity contribution in [1.82, 2.24) is 23.7 Å². The van der Waals surface area contributed by atoms with Gasteiger partial charge in [0.05, 0.1) is 44.5 Å². The normalized spacial score (nSPS) is 11.9. The highest BCUT2D eigenvalue weighted by Crippen LogP contribution is 2.45. The first-order chi connectivity index (χ1) is 43.6. The molecule has 410 valence electrons. The number of benzene rings is 13. The Labute approximate surface area is 511 Å². The van der Waals surface area contributed by atoms with Gasteiger partial charge < -0.3 is 9.13 Å². The van der Waals surface area contributed by atoms with Crippen molar-refractivity contribution in [3.63, 3.8) is 0 Å². The van der Waals surface area contributed by atoms with Crippen LogP contribution in [0.3, 0.4) is 0 Å². The Balaban J connectivity index is 0.807. The van der Waals surface area contributed by atoms with E-state index in [4.69, 9.17) is 9.97 Å². The summed E-state index contributed by atoms with van der Waals surface area (Å²) in [5.74, 6) is 0.611. The SMILES string of the molecule is c1ccc(-c2cc(-c3ccccc3)cc(-c3cccc(-c4cc(-c5cccc(-n6c7ccccc7c7cc(-c8ccc9c(c8)c8ccccc8n9-c8ccccc8)ccc76)c5)nc(-n5c6ccccc6c6c7sc8ccccc8c7ccc65)n4)c3)c2)cc1. The fraction of sp³-hybridized carbons (Fsp3) is 0. The molecule has 0 amide bonds. The predicted octanol–water partition coefficient (Wildman–Crippen LogP) is 22.1. The molecule has 5 aromatic heterocycles. The van der Waals surface area contributed by atoms with E-state index in [2.05, 4.69) is 323 Å². The van der Waals surface area contributed by atoms with Crippen LogP contribution >= 0.6 is 11.3 Å². The third-order valence-corrected chi connectivity index (χ3v) is 19.0. The highest BCUT2D eigenvalue weighted by atomic mass is 32.1. The molecule has 5 nitrogen and oxygen atoms in total. The van der Waals surface area contributed by atoms with Gasteiger partial charge in [-0.05, 0) is 154 Å². The second kappa shape index (κ2) is 20.1. The molecule has 0 spiro atoms. The first-order valence-corrected chi connectivity index (χ1v) is 30.8. The molecule has 0 aliphatic carbocycles. The molecule has 88 heavy (non-hydrogen) atoms. The van der Waals surface area contributed by atoms with E-state index in [1.807, 2.05) is 11.3 Å². The van der Waals surface area contributed by atoms with E-state index >= 15 is 0 Å². The number of hydrogen-bond acceptors (Lipinski definition) is 3. The van der Waals surface area contributed by atoms with Gasteiger partial charge in [0.15, 0.2) is 0 Å². The summed E-state index contributed by atoms with van der Waals surface area (Å²) >= 11 is 1.86. The molecule has 0 aliphatic rings. The van der Waals surface area contributed by atoms with Crippen LogP contribution in [0.1, 0.15) is 0 Å². The fourth-order valence-electron chi connectivity index (χ4n) is 13.8. The summed E-state index contributed by atoms with van der Waals surface area (Å²) in [6.45, 7) is 0. The van der Waals surface area contributed by atoms with Crippen molar-refractivity contribution in [3.8, 4) is 84.3 Å². The molecule has 0 saturated carbocycles. The Morgan fingerprint density at radius 3 is 1.27 bits per heavy atom. The summed E-state index contributed by atoms with van der Waals surface area (Å²) in [6, 6.07) is 112. The standard InChI is InChI=1S/C82H51N5S/c1-4-20-52(21-5-1)59-45-60(53-22-6-2-7-23-53)47-61(46-59)54-24-18-25-57(44-54)71-51-72(84-82(83-71)87-75-36-16-12-33-68(75)80-78(87)43-40-67-66-32-13-17-37-79(66)88-81(67)80)58-26-19-29-63(48-58)86-74-35-15-11-31-65(74)70-50-56(39-42-77(70)86)55-38-41-76-69(49-55)64-30-10-14-34-73(64)85(76)62-27-8-3-9-28-62/h1-51H. The van der Waals surface area contributed by atoms with Gasteiger partial charge in [-0.15, -0.1) is 11.3 Å². The molecule has 0 N–H and O–H groups in total. The van der Waals surface area contributed by atoms with Crippen molar-refractivity contribution in [2.75, 3.05) is 0 Å². The number of fused-ring (bicyclic) bond motifs is 13. The maximum Gasteiger partial charge on any atom is 0.235 e. The topological polar surface area (TPSA) is 40.6 Å². The summed E-state index contributed by atoms with van der Waals surface area (Å²) in [5.41, 5.74) is 21.9.